The van der Waals surface area contributed by atoms with Crippen molar-refractivity contribution in [2.24, 2.45) is 11.8 Å². The van der Waals surface area contributed by atoms with Crippen molar-refractivity contribution in [3.63, 3.8) is 0 Å². The number of ether oxygens (including phenoxy) is 1. The highest BCUT2D eigenvalue weighted by atomic mass is 16.5. The molecule has 2 fully saturated rings. The molecule has 2 rings (SSSR count). The van der Waals surface area contributed by atoms with E-state index in [-0.39, 0.29) is 24.2 Å². The highest BCUT2D eigenvalue weighted by Crippen LogP contribution is 2.40. The number of carbonyl (C=O) groups is 1. The summed E-state index contributed by atoms with van der Waals surface area (Å²) in [4.78, 5) is 12.3. The minimum Gasteiger partial charge on any atom is -0.458 e. The van der Waals surface area contributed by atoms with E-state index in [0.29, 0.717) is 17.9 Å². The van der Waals surface area contributed by atoms with Crippen LogP contribution in [0.4, 0.5) is 0 Å². The van der Waals surface area contributed by atoms with Crippen LogP contribution < -0.4 is 5.32 Å². The summed E-state index contributed by atoms with van der Waals surface area (Å²) >= 11 is 0. The van der Waals surface area contributed by atoms with E-state index in [2.05, 4.69) is 32.2 Å². The molecule has 2 aliphatic rings. The molecule has 1 saturated carbocycles. The molecular weight excluding hydrogens is 374 g/mol. The fraction of sp³-hybridized carbons (Fsp3) is 0.808. The number of carbonyl (C=O) groups excluding carboxylic acids is 1. The summed E-state index contributed by atoms with van der Waals surface area (Å²) in [6.45, 7) is 6.42. The molecule has 0 amide bonds. The van der Waals surface area contributed by atoms with Crippen LogP contribution in [0.5, 0.6) is 0 Å². The molecule has 1 aliphatic carbocycles. The smallest absolute Gasteiger partial charge is 0.331 e. The molecule has 0 spiro atoms. The molecule has 6 atom stereocenters. The Bertz CT molecular complexity index is 544. The lowest BCUT2D eigenvalue weighted by Gasteiger charge is -2.47. The maximum atomic E-state index is 12.3. The number of aliphatic hydroxyl groups is 1. The number of rotatable bonds is 12. The van der Waals surface area contributed by atoms with Crippen LogP contribution in [0.15, 0.2) is 24.3 Å². The van der Waals surface area contributed by atoms with Gasteiger partial charge in [-0.2, -0.15) is 0 Å². The maximum Gasteiger partial charge on any atom is 0.331 e. The highest BCUT2D eigenvalue weighted by molar-refractivity contribution is 5.82. The molecule has 1 unspecified atom stereocenters. The Morgan fingerprint density at radius 1 is 1.17 bits per heavy atom. The SMILES string of the molecule is CCC/C=C/C=C/C(=O)O[C@@H]1C[C@H]2[C@@H](CCCCC(O)CCC)CCC[C@H]2N[C@@H]1C. The number of allylic oxidation sites excluding steroid dienone is 3. The van der Waals surface area contributed by atoms with Gasteiger partial charge in [-0.05, 0) is 50.9 Å². The normalized spacial score (nSPS) is 30.5. The summed E-state index contributed by atoms with van der Waals surface area (Å²) < 4.78 is 5.84. The lowest BCUT2D eigenvalue weighted by atomic mass is 9.68. The van der Waals surface area contributed by atoms with Gasteiger partial charge < -0.3 is 15.2 Å². The molecule has 30 heavy (non-hydrogen) atoms. The predicted octanol–water partition coefficient (Wildman–Crippen LogP) is 5.70. The van der Waals surface area contributed by atoms with Crippen molar-refractivity contribution < 1.29 is 14.6 Å². The summed E-state index contributed by atoms with van der Waals surface area (Å²) in [5, 5.41) is 13.7. The zero-order valence-corrected chi connectivity index (χ0v) is 19.5. The van der Waals surface area contributed by atoms with Gasteiger partial charge in [-0.1, -0.05) is 77.0 Å². The minimum absolute atomic E-state index is 0.0463. The van der Waals surface area contributed by atoms with Crippen LogP contribution in [0.3, 0.4) is 0 Å². The van der Waals surface area contributed by atoms with Crippen molar-refractivity contribution in [3.8, 4) is 0 Å². The van der Waals surface area contributed by atoms with Crippen LogP contribution in [0.2, 0.25) is 0 Å². The van der Waals surface area contributed by atoms with E-state index >= 15 is 0 Å². The van der Waals surface area contributed by atoms with Gasteiger partial charge in [0.25, 0.3) is 0 Å². The number of hydrogen-bond acceptors (Lipinski definition) is 4. The second kappa shape index (κ2) is 14.0. The molecule has 4 heteroatoms. The topological polar surface area (TPSA) is 58.6 Å². The first-order chi connectivity index (χ1) is 14.5. The molecule has 0 aromatic rings. The number of hydrogen-bond donors (Lipinski definition) is 2. The Balaban J connectivity index is 1.82. The van der Waals surface area contributed by atoms with Crippen molar-refractivity contribution in [3.05, 3.63) is 24.3 Å². The number of piperidine rings is 1. The van der Waals surface area contributed by atoms with E-state index in [9.17, 15) is 9.90 Å². The molecular formula is C26H45NO3. The van der Waals surface area contributed by atoms with Crippen LogP contribution in [0, 0.1) is 11.8 Å². The Hall–Kier alpha value is -1.13. The van der Waals surface area contributed by atoms with Gasteiger partial charge in [-0.25, -0.2) is 4.79 Å². The van der Waals surface area contributed by atoms with Gasteiger partial charge >= 0.3 is 5.97 Å². The number of unbranched alkanes of at least 4 members (excludes halogenated alkanes) is 2. The Kier molecular flexibility index (Phi) is 11.8. The van der Waals surface area contributed by atoms with E-state index in [4.69, 9.17) is 4.74 Å². The van der Waals surface area contributed by atoms with E-state index < -0.39 is 0 Å². The second-order valence-electron chi connectivity index (χ2n) is 9.43. The van der Waals surface area contributed by atoms with Gasteiger partial charge in [-0.15, -0.1) is 0 Å². The van der Waals surface area contributed by atoms with Gasteiger partial charge in [-0.3, -0.25) is 0 Å². The van der Waals surface area contributed by atoms with Crippen molar-refractivity contribution in [2.75, 3.05) is 0 Å². The van der Waals surface area contributed by atoms with Crippen LogP contribution in [-0.4, -0.2) is 35.4 Å². The summed E-state index contributed by atoms with van der Waals surface area (Å²) in [6.07, 6.45) is 20.6. The highest BCUT2D eigenvalue weighted by Gasteiger charge is 2.41. The Labute approximate surface area is 184 Å². The zero-order chi connectivity index (χ0) is 21.8. The van der Waals surface area contributed by atoms with Crippen LogP contribution in [-0.2, 0) is 9.53 Å². The van der Waals surface area contributed by atoms with Crippen LogP contribution in [0.1, 0.15) is 97.8 Å². The quantitative estimate of drug-likeness (QED) is 0.184. The van der Waals surface area contributed by atoms with Crippen molar-refractivity contribution in [2.45, 2.75) is 122 Å². The number of nitrogens with one attached hydrogen (secondary N) is 1. The van der Waals surface area contributed by atoms with Crippen LogP contribution >= 0.6 is 0 Å². The molecule has 0 bridgehead atoms. The second-order valence-corrected chi connectivity index (χ2v) is 9.43. The molecule has 1 saturated heterocycles. The molecule has 2 N–H and O–H groups in total. The fourth-order valence-electron chi connectivity index (χ4n) is 5.27. The zero-order valence-electron chi connectivity index (χ0n) is 19.5. The monoisotopic (exact) mass is 419 g/mol. The number of aliphatic hydroxyl groups excluding tert-OH is 1. The van der Waals surface area contributed by atoms with Crippen molar-refractivity contribution in [1.82, 2.24) is 5.32 Å². The summed E-state index contributed by atoms with van der Waals surface area (Å²) in [7, 11) is 0. The van der Waals surface area contributed by atoms with Gasteiger partial charge in [0.15, 0.2) is 0 Å². The molecule has 1 heterocycles. The maximum absolute atomic E-state index is 12.3. The van der Waals surface area contributed by atoms with Gasteiger partial charge in [0.2, 0.25) is 0 Å². The van der Waals surface area contributed by atoms with Crippen molar-refractivity contribution >= 4 is 5.97 Å². The molecule has 4 nitrogen and oxygen atoms in total. The first-order valence-corrected chi connectivity index (χ1v) is 12.5. The van der Waals surface area contributed by atoms with E-state index in [1.54, 1.807) is 12.2 Å². The third kappa shape index (κ3) is 8.55. The van der Waals surface area contributed by atoms with Gasteiger partial charge in [0.1, 0.15) is 6.10 Å². The van der Waals surface area contributed by atoms with E-state index in [1.807, 2.05) is 6.08 Å². The summed E-state index contributed by atoms with van der Waals surface area (Å²) in [6, 6.07) is 0.772. The lowest BCUT2D eigenvalue weighted by molar-refractivity contribution is -0.148. The number of esters is 1. The predicted molar refractivity (Wildman–Crippen MR) is 124 cm³/mol. The lowest BCUT2D eigenvalue weighted by Crippen LogP contribution is -2.57. The molecule has 0 aromatic carbocycles. The van der Waals surface area contributed by atoms with Gasteiger partial charge in [0, 0.05) is 18.2 Å². The van der Waals surface area contributed by atoms with E-state index in [0.717, 1.165) is 44.9 Å². The largest absolute Gasteiger partial charge is 0.458 e. The van der Waals surface area contributed by atoms with Crippen molar-refractivity contribution in [1.29, 1.82) is 0 Å². The minimum atomic E-state index is -0.231. The molecule has 0 aromatic heterocycles. The molecule has 0 radical (unpaired) electrons. The fourth-order valence-corrected chi connectivity index (χ4v) is 5.27. The third-order valence-electron chi connectivity index (χ3n) is 6.94. The number of fused-ring (bicyclic) bond motifs is 1. The molecule has 1 aliphatic heterocycles. The van der Waals surface area contributed by atoms with Gasteiger partial charge in [0.05, 0.1) is 6.10 Å². The first-order valence-electron chi connectivity index (χ1n) is 12.5. The summed E-state index contributed by atoms with van der Waals surface area (Å²) in [5.74, 6) is 1.08. The standard InChI is InChI=1S/C26H45NO3/c1-4-6-7-8-9-18-26(29)30-25-19-23-21(14-10-11-16-22(28)13-5-2)15-12-17-24(23)27-20(25)3/h7-9,18,20-25,27-28H,4-6,10-17,19H2,1-3H3/b8-7+,18-9+/t20-,21+,22?,23+,24-,25-/m1/s1. The Morgan fingerprint density at radius 3 is 2.77 bits per heavy atom. The first kappa shape index (κ1) is 25.1. The molecule has 172 valence electrons. The summed E-state index contributed by atoms with van der Waals surface area (Å²) in [5.41, 5.74) is 0. The van der Waals surface area contributed by atoms with Crippen LogP contribution in [0.25, 0.3) is 0 Å². The average molecular weight is 420 g/mol. The van der Waals surface area contributed by atoms with E-state index in [1.165, 1.54) is 32.1 Å². The Morgan fingerprint density at radius 2 is 2.00 bits per heavy atom. The third-order valence-corrected chi connectivity index (χ3v) is 6.94. The average Bonchev–Trinajstić information content (AvgIpc) is 2.72.